The second-order valence-electron chi connectivity index (χ2n) is 4.39. The van der Waals surface area contributed by atoms with Crippen molar-refractivity contribution in [3.05, 3.63) is 35.4 Å². The van der Waals surface area contributed by atoms with Crippen molar-refractivity contribution >= 4 is 11.6 Å². The topological polar surface area (TPSA) is 3.24 Å². The van der Waals surface area contributed by atoms with Gasteiger partial charge in [0.05, 0.1) is 5.38 Å². The van der Waals surface area contributed by atoms with Gasteiger partial charge in [-0.05, 0) is 37.2 Å². The average Bonchev–Trinajstić information content (AvgIpc) is 2.37. The van der Waals surface area contributed by atoms with Crippen molar-refractivity contribution in [2.24, 2.45) is 0 Å². The van der Waals surface area contributed by atoms with Crippen LogP contribution in [0.4, 0.5) is 8.78 Å². The molecule has 0 aliphatic rings. The van der Waals surface area contributed by atoms with Gasteiger partial charge in [-0.2, -0.15) is 0 Å². The molecule has 1 unspecified atom stereocenters. The zero-order chi connectivity index (χ0) is 13.5. The molecule has 0 aromatic heterocycles. The molecule has 0 heterocycles. The molecule has 0 N–H and O–H groups in total. The highest BCUT2D eigenvalue weighted by atomic mass is 35.5. The first-order chi connectivity index (χ1) is 8.58. The maximum atomic E-state index is 13.1. The van der Waals surface area contributed by atoms with E-state index in [9.17, 15) is 8.78 Å². The maximum absolute atomic E-state index is 13.1. The molecule has 1 aromatic carbocycles. The molecule has 1 nitrogen and oxygen atoms in total. The Morgan fingerprint density at radius 2 is 1.94 bits per heavy atom. The minimum Gasteiger partial charge on any atom is -0.302 e. The standard InChI is InChI=1S/C14H20ClF2N/c1-3-5-8-18(4-2)10-12(15)11-6-7-13(16)14(17)9-11/h6-7,9,12H,3-5,8,10H2,1-2H3. The molecular weight excluding hydrogens is 256 g/mol. The summed E-state index contributed by atoms with van der Waals surface area (Å²) in [7, 11) is 0. The number of alkyl halides is 1. The predicted molar refractivity (Wildman–Crippen MR) is 72.0 cm³/mol. The van der Waals surface area contributed by atoms with E-state index in [4.69, 9.17) is 11.6 Å². The second kappa shape index (κ2) is 7.70. The lowest BCUT2D eigenvalue weighted by Crippen LogP contribution is -2.28. The Balaban J connectivity index is 2.62. The molecule has 1 atom stereocenters. The number of benzene rings is 1. The van der Waals surface area contributed by atoms with E-state index in [1.807, 2.05) is 0 Å². The van der Waals surface area contributed by atoms with E-state index in [2.05, 4.69) is 18.7 Å². The number of hydrogen-bond acceptors (Lipinski definition) is 1. The van der Waals surface area contributed by atoms with Crippen molar-refractivity contribution in [1.82, 2.24) is 4.90 Å². The molecule has 0 bridgehead atoms. The average molecular weight is 276 g/mol. The highest BCUT2D eigenvalue weighted by molar-refractivity contribution is 6.21. The molecule has 0 fully saturated rings. The van der Waals surface area contributed by atoms with Crippen molar-refractivity contribution in [1.29, 1.82) is 0 Å². The van der Waals surface area contributed by atoms with Crippen molar-refractivity contribution in [2.75, 3.05) is 19.6 Å². The van der Waals surface area contributed by atoms with Crippen LogP contribution >= 0.6 is 11.6 Å². The van der Waals surface area contributed by atoms with Gasteiger partial charge in [0, 0.05) is 6.54 Å². The van der Waals surface area contributed by atoms with Crippen LogP contribution in [0.25, 0.3) is 0 Å². The van der Waals surface area contributed by atoms with E-state index in [1.165, 1.54) is 6.07 Å². The van der Waals surface area contributed by atoms with Gasteiger partial charge in [-0.15, -0.1) is 11.6 Å². The zero-order valence-electron chi connectivity index (χ0n) is 10.9. The lowest BCUT2D eigenvalue weighted by Gasteiger charge is -2.23. The molecule has 1 aromatic rings. The summed E-state index contributed by atoms with van der Waals surface area (Å²) in [6, 6.07) is 3.85. The number of nitrogens with zero attached hydrogens (tertiary/aromatic N) is 1. The monoisotopic (exact) mass is 275 g/mol. The Kier molecular flexibility index (Phi) is 6.58. The molecule has 0 saturated carbocycles. The van der Waals surface area contributed by atoms with Gasteiger partial charge in [-0.1, -0.05) is 26.3 Å². The lowest BCUT2D eigenvalue weighted by molar-refractivity contribution is 0.283. The number of halogens is 3. The zero-order valence-corrected chi connectivity index (χ0v) is 11.7. The van der Waals surface area contributed by atoms with Crippen LogP contribution in [-0.2, 0) is 0 Å². The summed E-state index contributed by atoms with van der Waals surface area (Å²) in [5, 5.41) is -0.308. The van der Waals surface area contributed by atoms with Gasteiger partial charge in [0.1, 0.15) is 0 Å². The lowest BCUT2D eigenvalue weighted by atomic mass is 10.1. The van der Waals surface area contributed by atoms with Crippen LogP contribution in [0.2, 0.25) is 0 Å². The third kappa shape index (κ3) is 4.54. The summed E-state index contributed by atoms with van der Waals surface area (Å²) in [5.74, 6) is -1.67. The summed E-state index contributed by atoms with van der Waals surface area (Å²) in [4.78, 5) is 2.22. The van der Waals surface area contributed by atoms with E-state index in [0.717, 1.165) is 32.0 Å². The first-order valence-electron chi connectivity index (χ1n) is 6.39. The number of rotatable bonds is 7. The molecule has 102 valence electrons. The normalized spacial score (nSPS) is 13.0. The minimum absolute atomic E-state index is 0.308. The SMILES string of the molecule is CCCCN(CC)CC(Cl)c1ccc(F)c(F)c1. The highest BCUT2D eigenvalue weighted by Crippen LogP contribution is 2.23. The molecule has 0 saturated heterocycles. The molecule has 0 radical (unpaired) electrons. The summed E-state index contributed by atoms with van der Waals surface area (Å²) < 4.78 is 25.9. The quantitative estimate of drug-likeness (QED) is 0.668. The fourth-order valence-electron chi connectivity index (χ4n) is 1.80. The van der Waals surface area contributed by atoms with Crippen molar-refractivity contribution < 1.29 is 8.78 Å². The van der Waals surface area contributed by atoms with Gasteiger partial charge in [-0.3, -0.25) is 0 Å². The summed E-state index contributed by atoms with van der Waals surface area (Å²) >= 11 is 6.25. The minimum atomic E-state index is -0.838. The molecule has 4 heteroatoms. The Labute approximate surface area is 113 Å². The highest BCUT2D eigenvalue weighted by Gasteiger charge is 2.14. The molecule has 1 rings (SSSR count). The maximum Gasteiger partial charge on any atom is 0.159 e. The van der Waals surface area contributed by atoms with Crippen molar-refractivity contribution in [2.45, 2.75) is 32.1 Å². The van der Waals surface area contributed by atoms with Gasteiger partial charge in [0.25, 0.3) is 0 Å². The Morgan fingerprint density at radius 1 is 1.22 bits per heavy atom. The van der Waals surface area contributed by atoms with Gasteiger partial charge in [0.2, 0.25) is 0 Å². The molecule has 0 aliphatic carbocycles. The number of hydrogen-bond donors (Lipinski definition) is 0. The van der Waals surface area contributed by atoms with Crippen molar-refractivity contribution in [3.8, 4) is 0 Å². The second-order valence-corrected chi connectivity index (χ2v) is 4.91. The Bertz CT molecular complexity index is 371. The third-order valence-electron chi connectivity index (χ3n) is 3.00. The van der Waals surface area contributed by atoms with Crippen LogP contribution in [0.15, 0.2) is 18.2 Å². The van der Waals surface area contributed by atoms with E-state index in [-0.39, 0.29) is 5.38 Å². The molecular formula is C14H20ClF2N. The molecule has 0 aliphatic heterocycles. The van der Waals surface area contributed by atoms with Gasteiger partial charge < -0.3 is 4.90 Å². The van der Waals surface area contributed by atoms with Crippen LogP contribution < -0.4 is 0 Å². The molecule has 0 amide bonds. The number of likely N-dealkylation sites (N-methyl/N-ethyl adjacent to an activating group) is 1. The Hall–Kier alpha value is -0.670. The third-order valence-corrected chi connectivity index (χ3v) is 3.39. The fraction of sp³-hybridized carbons (Fsp3) is 0.571. The van der Waals surface area contributed by atoms with Crippen LogP contribution in [0.1, 0.15) is 37.6 Å². The first kappa shape index (κ1) is 15.4. The summed E-state index contributed by atoms with van der Waals surface area (Å²) in [6.07, 6.45) is 2.25. The van der Waals surface area contributed by atoms with Gasteiger partial charge in [0.15, 0.2) is 11.6 Å². The van der Waals surface area contributed by atoms with Crippen LogP contribution in [0.3, 0.4) is 0 Å². The fourth-order valence-corrected chi connectivity index (χ4v) is 2.13. The van der Waals surface area contributed by atoms with Crippen molar-refractivity contribution in [3.63, 3.8) is 0 Å². The first-order valence-corrected chi connectivity index (χ1v) is 6.83. The number of unbranched alkanes of at least 4 members (excludes halogenated alkanes) is 1. The molecule has 18 heavy (non-hydrogen) atoms. The van der Waals surface area contributed by atoms with Gasteiger partial charge >= 0.3 is 0 Å². The van der Waals surface area contributed by atoms with Crippen LogP contribution in [0, 0.1) is 11.6 Å². The summed E-state index contributed by atoms with van der Waals surface area (Å²) in [6.45, 7) is 6.77. The Morgan fingerprint density at radius 3 is 2.50 bits per heavy atom. The molecule has 0 spiro atoms. The van der Waals surface area contributed by atoms with E-state index < -0.39 is 11.6 Å². The van der Waals surface area contributed by atoms with Crippen LogP contribution in [-0.4, -0.2) is 24.5 Å². The largest absolute Gasteiger partial charge is 0.302 e. The van der Waals surface area contributed by atoms with Crippen LogP contribution in [0.5, 0.6) is 0 Å². The predicted octanol–water partition coefficient (Wildman–Crippen LogP) is 4.37. The van der Waals surface area contributed by atoms with Gasteiger partial charge in [-0.25, -0.2) is 8.78 Å². The smallest absolute Gasteiger partial charge is 0.159 e. The van der Waals surface area contributed by atoms with E-state index in [1.54, 1.807) is 6.07 Å². The van der Waals surface area contributed by atoms with E-state index >= 15 is 0 Å². The summed E-state index contributed by atoms with van der Waals surface area (Å²) in [5.41, 5.74) is 0.630. The van der Waals surface area contributed by atoms with E-state index in [0.29, 0.717) is 12.1 Å².